The number of ether oxygens (including phenoxy) is 1. The summed E-state index contributed by atoms with van der Waals surface area (Å²) in [5, 5.41) is 0. The lowest BCUT2D eigenvalue weighted by Crippen LogP contribution is -2.26. The summed E-state index contributed by atoms with van der Waals surface area (Å²) in [5.41, 5.74) is 7.94. The number of rotatable bonds is 5. The Balaban J connectivity index is 1.51. The molecule has 0 amide bonds. The second-order valence-electron chi connectivity index (χ2n) is 9.97. The molecule has 188 valence electrons. The molecule has 0 unspecified atom stereocenters. The highest BCUT2D eigenvalue weighted by molar-refractivity contribution is 7.20. The summed E-state index contributed by atoms with van der Waals surface area (Å²) in [6.45, 7) is 4.58. The first-order valence-corrected chi connectivity index (χ1v) is 13.6. The van der Waals surface area contributed by atoms with Crippen molar-refractivity contribution < 1.29 is 9.14 Å². The molecule has 0 spiro atoms. The van der Waals surface area contributed by atoms with Crippen LogP contribution < -0.4 is 14.0 Å². The van der Waals surface area contributed by atoms with E-state index in [9.17, 15) is 0 Å². The number of aromatic nitrogens is 2. The van der Waals surface area contributed by atoms with E-state index in [1.54, 1.807) is 18.4 Å². The van der Waals surface area contributed by atoms with Crippen LogP contribution in [-0.2, 0) is 5.41 Å². The number of anilines is 1. The molecule has 0 fully saturated rings. The molecule has 4 nitrogen and oxygen atoms in total. The van der Waals surface area contributed by atoms with Crippen molar-refractivity contribution in [3.05, 3.63) is 120 Å². The highest BCUT2D eigenvalue weighted by Gasteiger charge is 2.37. The van der Waals surface area contributed by atoms with E-state index in [1.165, 1.54) is 16.9 Å². The second kappa shape index (κ2) is 9.58. The van der Waals surface area contributed by atoms with Gasteiger partial charge in [-0.3, -0.25) is 0 Å². The van der Waals surface area contributed by atoms with Gasteiger partial charge in [0, 0.05) is 35.5 Å². The molecule has 3 heterocycles. The zero-order valence-corrected chi connectivity index (χ0v) is 22.9. The van der Waals surface area contributed by atoms with E-state index in [1.807, 2.05) is 24.3 Å². The third kappa shape index (κ3) is 4.00. The molecule has 0 aliphatic carbocycles. The average Bonchev–Trinajstić information content (AvgIpc) is 3.42. The van der Waals surface area contributed by atoms with Crippen LogP contribution in [0.25, 0.3) is 32.7 Å². The zero-order chi connectivity index (χ0) is 26.3. The van der Waals surface area contributed by atoms with E-state index in [2.05, 4.69) is 115 Å². The number of benzene rings is 3. The number of thiazole rings is 1. The van der Waals surface area contributed by atoms with E-state index >= 15 is 0 Å². The van der Waals surface area contributed by atoms with Crippen LogP contribution in [0.15, 0.2) is 109 Å². The minimum absolute atomic E-state index is 0.0772. The molecule has 5 heteroatoms. The lowest BCUT2D eigenvalue weighted by atomic mass is 9.84. The molecule has 1 aliphatic rings. The SMILES string of the molecule is COc1c(-c2ccccc2)sc2nc(-c3ccccc3)cc(/C=C/C=C3\N(C)c4ccccc4C3(C)C)[n+]12. The summed E-state index contributed by atoms with van der Waals surface area (Å²) in [7, 11) is 3.88. The van der Waals surface area contributed by atoms with Gasteiger partial charge < -0.3 is 9.64 Å². The van der Waals surface area contributed by atoms with Crippen LogP contribution in [0.5, 0.6) is 5.88 Å². The maximum absolute atomic E-state index is 5.99. The molecule has 0 bridgehead atoms. The summed E-state index contributed by atoms with van der Waals surface area (Å²) in [4.78, 5) is 9.30. The fraction of sp³-hybridized carbons (Fsp3) is 0.152. The van der Waals surface area contributed by atoms with Gasteiger partial charge in [0.2, 0.25) is 0 Å². The number of hydrogen-bond acceptors (Lipinski definition) is 4. The number of fused-ring (bicyclic) bond motifs is 2. The Morgan fingerprint density at radius 2 is 1.55 bits per heavy atom. The summed E-state index contributed by atoms with van der Waals surface area (Å²) < 4.78 is 8.11. The van der Waals surface area contributed by atoms with Crippen LogP contribution in [-0.4, -0.2) is 19.1 Å². The fourth-order valence-corrected chi connectivity index (χ4v) is 6.51. The average molecular weight is 517 g/mol. The molecule has 38 heavy (non-hydrogen) atoms. The number of methoxy groups -OCH3 is 1. The Labute approximate surface area is 227 Å². The van der Waals surface area contributed by atoms with Gasteiger partial charge in [0.1, 0.15) is 10.6 Å². The normalized spacial score (nSPS) is 15.5. The van der Waals surface area contributed by atoms with Gasteiger partial charge in [-0.2, -0.15) is 0 Å². The van der Waals surface area contributed by atoms with E-state index in [4.69, 9.17) is 9.72 Å². The van der Waals surface area contributed by atoms with Gasteiger partial charge in [0.05, 0.1) is 7.11 Å². The van der Waals surface area contributed by atoms with Crippen molar-refractivity contribution in [1.82, 2.24) is 4.98 Å². The fourth-order valence-electron chi connectivity index (χ4n) is 5.38. The van der Waals surface area contributed by atoms with Crippen LogP contribution >= 0.6 is 11.3 Å². The van der Waals surface area contributed by atoms with Crippen LogP contribution in [0.3, 0.4) is 0 Å². The molecule has 0 saturated heterocycles. The lowest BCUT2D eigenvalue weighted by Gasteiger charge is -2.23. The molecule has 5 aromatic rings. The largest absolute Gasteiger partial charge is 0.464 e. The van der Waals surface area contributed by atoms with Gasteiger partial charge in [0.15, 0.2) is 5.69 Å². The molecule has 0 N–H and O–H groups in total. The summed E-state index contributed by atoms with van der Waals surface area (Å²) in [6.07, 6.45) is 6.53. The molecule has 6 rings (SSSR count). The van der Waals surface area contributed by atoms with Gasteiger partial charge in [-0.1, -0.05) is 98.8 Å². The second-order valence-corrected chi connectivity index (χ2v) is 10.9. The lowest BCUT2D eigenvalue weighted by molar-refractivity contribution is -0.521. The van der Waals surface area contributed by atoms with Gasteiger partial charge >= 0.3 is 10.8 Å². The molecule has 0 atom stereocenters. The summed E-state index contributed by atoms with van der Waals surface area (Å²) in [5.74, 6) is 0.793. The van der Waals surface area contributed by atoms with E-state index in [0.717, 1.165) is 38.2 Å². The molecule has 3 aromatic carbocycles. The van der Waals surface area contributed by atoms with Crippen LogP contribution in [0, 0.1) is 0 Å². The highest BCUT2D eigenvalue weighted by atomic mass is 32.1. The van der Waals surface area contributed by atoms with E-state index < -0.39 is 0 Å². The Morgan fingerprint density at radius 3 is 2.24 bits per heavy atom. The number of para-hydroxylation sites is 1. The van der Waals surface area contributed by atoms with Crippen molar-refractivity contribution >= 4 is 28.1 Å². The predicted molar refractivity (Wildman–Crippen MR) is 158 cm³/mol. The summed E-state index contributed by atoms with van der Waals surface area (Å²) >= 11 is 1.64. The van der Waals surface area contributed by atoms with Gasteiger partial charge in [0.25, 0.3) is 0 Å². The van der Waals surface area contributed by atoms with Crippen molar-refractivity contribution in [2.75, 3.05) is 19.1 Å². The maximum Gasteiger partial charge on any atom is 0.391 e. The molecular formula is C33H30N3OS+. The van der Waals surface area contributed by atoms with Crippen LogP contribution in [0.4, 0.5) is 5.69 Å². The number of likely N-dealkylation sites (N-methyl/N-ethyl adjacent to an activating group) is 1. The highest BCUT2D eigenvalue weighted by Crippen LogP contribution is 2.46. The van der Waals surface area contributed by atoms with Crippen molar-refractivity contribution in [2.45, 2.75) is 19.3 Å². The monoisotopic (exact) mass is 516 g/mol. The molecule has 0 radical (unpaired) electrons. The maximum atomic E-state index is 5.99. The van der Waals surface area contributed by atoms with E-state index in [-0.39, 0.29) is 5.41 Å². The van der Waals surface area contributed by atoms with E-state index in [0.29, 0.717) is 0 Å². The molecule has 0 saturated carbocycles. The van der Waals surface area contributed by atoms with Gasteiger partial charge in [-0.15, -0.1) is 4.40 Å². The number of allylic oxidation sites excluding steroid dienone is 3. The Morgan fingerprint density at radius 1 is 0.895 bits per heavy atom. The predicted octanol–water partition coefficient (Wildman–Crippen LogP) is 7.55. The minimum Gasteiger partial charge on any atom is -0.464 e. The minimum atomic E-state index is -0.0772. The molecular weight excluding hydrogens is 486 g/mol. The van der Waals surface area contributed by atoms with Crippen LogP contribution in [0.1, 0.15) is 25.1 Å². The van der Waals surface area contributed by atoms with Crippen LogP contribution in [0.2, 0.25) is 0 Å². The van der Waals surface area contributed by atoms with Crippen molar-refractivity contribution in [3.63, 3.8) is 0 Å². The Hall–Kier alpha value is -4.22. The molecule has 1 aliphatic heterocycles. The first kappa shape index (κ1) is 24.1. The third-order valence-electron chi connectivity index (χ3n) is 7.30. The molecule has 2 aromatic heterocycles. The van der Waals surface area contributed by atoms with Gasteiger partial charge in [-0.05, 0) is 45.7 Å². The van der Waals surface area contributed by atoms with Gasteiger partial charge in [-0.25, -0.2) is 0 Å². The van der Waals surface area contributed by atoms with Crippen molar-refractivity contribution in [2.24, 2.45) is 0 Å². The van der Waals surface area contributed by atoms with Crippen molar-refractivity contribution in [1.29, 1.82) is 0 Å². The first-order chi connectivity index (χ1) is 18.5. The summed E-state index contributed by atoms with van der Waals surface area (Å²) in [6, 6.07) is 31.5. The quantitative estimate of drug-likeness (QED) is 0.226. The number of nitrogens with zero attached hydrogens (tertiary/aromatic N) is 3. The third-order valence-corrected chi connectivity index (χ3v) is 8.37. The standard InChI is InChI=1S/C33H30N3OS/c1-33(2)26-19-11-12-20-28(26)35(3)29(33)21-13-18-25-22-27(23-14-7-5-8-15-23)34-32-36(25)31(37-4)30(38-32)24-16-9-6-10-17-24/h5-22H,1-4H3/q+1. The topological polar surface area (TPSA) is 29.5 Å². The Bertz CT molecular complexity index is 1680. The first-order valence-electron chi connectivity index (χ1n) is 12.8. The zero-order valence-electron chi connectivity index (χ0n) is 22.1. The number of hydrogen-bond donors (Lipinski definition) is 0. The Kier molecular flexibility index (Phi) is 6.09. The smallest absolute Gasteiger partial charge is 0.391 e. The van der Waals surface area contributed by atoms with Crippen molar-refractivity contribution in [3.8, 4) is 27.6 Å².